The molecule has 4 aromatic rings. The molecule has 0 radical (unpaired) electrons. The summed E-state index contributed by atoms with van der Waals surface area (Å²) in [5.74, 6) is -0.471. The highest BCUT2D eigenvalue weighted by molar-refractivity contribution is 6.08. The maximum atomic E-state index is 13.7. The van der Waals surface area contributed by atoms with E-state index in [0.29, 0.717) is 16.9 Å². The Labute approximate surface area is 178 Å². The quantitative estimate of drug-likeness (QED) is 0.495. The topological polar surface area (TPSA) is 62.5 Å². The largest absolute Gasteiger partial charge is 0.378 e. The number of amides is 1. The van der Waals surface area contributed by atoms with Crippen LogP contribution in [-0.4, -0.2) is 34.6 Å². The first-order chi connectivity index (χ1) is 14.8. The van der Waals surface area contributed by atoms with Gasteiger partial charge < -0.3 is 10.2 Å². The summed E-state index contributed by atoms with van der Waals surface area (Å²) in [4.78, 5) is 19.3. The number of anilines is 2. The molecule has 0 saturated heterocycles. The van der Waals surface area contributed by atoms with Gasteiger partial charge in [0.15, 0.2) is 5.65 Å². The molecule has 1 amide bonds. The summed E-state index contributed by atoms with van der Waals surface area (Å²) >= 11 is 0. The Kier molecular flexibility index (Phi) is 5.37. The molecule has 6 nitrogen and oxygen atoms in total. The van der Waals surface area contributed by atoms with Gasteiger partial charge >= 0.3 is 0 Å². The molecule has 2 aromatic heterocycles. The lowest BCUT2D eigenvalue weighted by Gasteiger charge is -2.13. The Morgan fingerprint density at radius 1 is 1.06 bits per heavy atom. The highest BCUT2D eigenvalue weighted by Crippen LogP contribution is 2.27. The maximum absolute atomic E-state index is 13.7. The number of aromatic nitrogens is 3. The maximum Gasteiger partial charge on any atom is 0.280 e. The van der Waals surface area contributed by atoms with Crippen LogP contribution in [0.3, 0.4) is 0 Å². The molecular weight excluding hydrogens is 400 g/mol. The van der Waals surface area contributed by atoms with Crippen molar-refractivity contribution in [3.8, 4) is 11.3 Å². The van der Waals surface area contributed by atoms with E-state index in [1.165, 1.54) is 12.3 Å². The molecule has 0 atom stereocenters. The van der Waals surface area contributed by atoms with Gasteiger partial charge in [-0.25, -0.2) is 18.3 Å². The number of aryl methyl sites for hydroxylation is 1. The zero-order valence-corrected chi connectivity index (χ0v) is 17.3. The molecule has 0 unspecified atom stereocenters. The summed E-state index contributed by atoms with van der Waals surface area (Å²) in [6.07, 6.45) is -1.51. The molecule has 0 aliphatic heterocycles. The number of nitrogens with one attached hydrogen (secondary N) is 1. The fourth-order valence-electron chi connectivity index (χ4n) is 3.22. The van der Waals surface area contributed by atoms with Crippen LogP contribution in [0, 0.1) is 6.92 Å². The average Bonchev–Trinajstić information content (AvgIpc) is 3.18. The fraction of sp³-hybridized carbons (Fsp3) is 0.174. The Hall–Kier alpha value is -3.81. The molecule has 31 heavy (non-hydrogen) atoms. The lowest BCUT2D eigenvalue weighted by Crippen LogP contribution is -2.13. The number of fused-ring (bicyclic) bond motifs is 1. The summed E-state index contributed by atoms with van der Waals surface area (Å²) in [6.45, 7) is 1.94. The summed E-state index contributed by atoms with van der Waals surface area (Å²) in [6, 6.07) is 16.0. The molecule has 0 fully saturated rings. The molecule has 8 heteroatoms. The van der Waals surface area contributed by atoms with Gasteiger partial charge in [0, 0.05) is 31.0 Å². The van der Waals surface area contributed by atoms with Gasteiger partial charge in [0.05, 0.1) is 11.9 Å². The Morgan fingerprint density at radius 2 is 1.74 bits per heavy atom. The predicted octanol–water partition coefficient (Wildman–Crippen LogP) is 4.96. The number of nitrogens with zero attached hydrogens (tertiary/aromatic N) is 4. The molecule has 0 aliphatic carbocycles. The molecule has 1 N–H and O–H groups in total. The number of hydrogen-bond donors (Lipinski definition) is 1. The summed E-state index contributed by atoms with van der Waals surface area (Å²) in [7, 11) is 3.84. The predicted molar refractivity (Wildman–Crippen MR) is 117 cm³/mol. The van der Waals surface area contributed by atoms with Crippen molar-refractivity contribution < 1.29 is 13.6 Å². The van der Waals surface area contributed by atoms with Crippen molar-refractivity contribution in [3.05, 3.63) is 77.6 Å². The minimum absolute atomic E-state index is 0.0794. The van der Waals surface area contributed by atoms with Crippen LogP contribution < -0.4 is 10.2 Å². The van der Waals surface area contributed by atoms with Crippen LogP contribution in [0.1, 0.15) is 28.0 Å². The van der Waals surface area contributed by atoms with Crippen LogP contribution in [0.2, 0.25) is 0 Å². The van der Waals surface area contributed by atoms with Crippen molar-refractivity contribution in [2.24, 2.45) is 0 Å². The van der Waals surface area contributed by atoms with E-state index in [1.807, 2.05) is 62.3 Å². The van der Waals surface area contributed by atoms with Crippen molar-refractivity contribution in [2.45, 2.75) is 13.3 Å². The van der Waals surface area contributed by atoms with Crippen LogP contribution in [0.15, 0.2) is 60.8 Å². The van der Waals surface area contributed by atoms with Crippen LogP contribution in [0.25, 0.3) is 16.9 Å². The minimum atomic E-state index is -2.77. The number of alkyl halides is 2. The first-order valence-electron chi connectivity index (χ1n) is 9.66. The third-order valence-corrected chi connectivity index (χ3v) is 4.96. The zero-order valence-electron chi connectivity index (χ0n) is 17.3. The Morgan fingerprint density at radius 3 is 2.35 bits per heavy atom. The van der Waals surface area contributed by atoms with Gasteiger partial charge in [-0.1, -0.05) is 29.8 Å². The molecular formula is C23H21F2N5O. The van der Waals surface area contributed by atoms with Crippen molar-refractivity contribution in [1.29, 1.82) is 0 Å². The van der Waals surface area contributed by atoms with E-state index in [4.69, 9.17) is 0 Å². The van der Waals surface area contributed by atoms with Gasteiger partial charge in [-0.2, -0.15) is 5.10 Å². The lowest BCUT2D eigenvalue weighted by atomic mass is 10.1. The fourth-order valence-corrected chi connectivity index (χ4v) is 3.22. The lowest BCUT2D eigenvalue weighted by molar-refractivity contribution is 0.102. The molecule has 4 rings (SSSR count). The molecule has 158 valence electrons. The van der Waals surface area contributed by atoms with E-state index in [-0.39, 0.29) is 16.9 Å². The van der Waals surface area contributed by atoms with Gasteiger partial charge in [0.25, 0.3) is 12.3 Å². The molecule has 2 heterocycles. The number of rotatable bonds is 5. The number of carbonyl (C=O) groups excluding carboxylic acids is 1. The van der Waals surface area contributed by atoms with Crippen molar-refractivity contribution >= 4 is 22.9 Å². The van der Waals surface area contributed by atoms with E-state index in [1.54, 1.807) is 12.1 Å². The van der Waals surface area contributed by atoms with Crippen molar-refractivity contribution in [1.82, 2.24) is 14.6 Å². The summed E-state index contributed by atoms with van der Waals surface area (Å²) < 4.78 is 28.5. The summed E-state index contributed by atoms with van der Waals surface area (Å²) in [5, 5.41) is 6.78. The van der Waals surface area contributed by atoms with Gasteiger partial charge in [0.1, 0.15) is 11.3 Å². The van der Waals surface area contributed by atoms with Crippen molar-refractivity contribution in [3.63, 3.8) is 0 Å². The Bertz CT molecular complexity index is 1230. The first-order valence-corrected chi connectivity index (χ1v) is 9.66. The number of carbonyl (C=O) groups is 1. The second kappa shape index (κ2) is 8.14. The molecule has 2 aromatic carbocycles. The second-order valence-corrected chi connectivity index (χ2v) is 7.42. The SMILES string of the molecule is Cc1ccc(-c2cc(C(F)F)n3ncc(C(=O)Nc4ccc(N(C)C)cc4)c3n2)cc1. The van der Waals surface area contributed by atoms with Gasteiger partial charge in [-0.3, -0.25) is 4.79 Å². The summed E-state index contributed by atoms with van der Waals surface area (Å²) in [5.41, 5.74) is 3.52. The highest BCUT2D eigenvalue weighted by Gasteiger charge is 2.21. The monoisotopic (exact) mass is 421 g/mol. The van der Waals surface area contributed by atoms with Crippen LogP contribution in [0.4, 0.5) is 20.2 Å². The van der Waals surface area contributed by atoms with Crippen LogP contribution in [-0.2, 0) is 0 Å². The molecule has 0 spiro atoms. The van der Waals surface area contributed by atoms with E-state index < -0.39 is 12.3 Å². The number of halogens is 2. The average molecular weight is 421 g/mol. The number of benzene rings is 2. The number of hydrogen-bond acceptors (Lipinski definition) is 4. The molecule has 0 bridgehead atoms. The van der Waals surface area contributed by atoms with Gasteiger partial charge in [-0.05, 0) is 37.3 Å². The van der Waals surface area contributed by atoms with Crippen LogP contribution in [0.5, 0.6) is 0 Å². The van der Waals surface area contributed by atoms with E-state index >= 15 is 0 Å². The van der Waals surface area contributed by atoms with E-state index in [0.717, 1.165) is 15.8 Å². The standard InChI is InChI=1S/C23H21F2N5O/c1-14-4-6-15(7-5-14)19-12-20(21(24)25)30-22(28-19)18(13-26-30)23(31)27-16-8-10-17(11-9-16)29(2)3/h4-13,21H,1-3H3,(H,27,31). The van der Waals surface area contributed by atoms with Crippen molar-refractivity contribution in [2.75, 3.05) is 24.3 Å². The highest BCUT2D eigenvalue weighted by atomic mass is 19.3. The Balaban J connectivity index is 1.74. The smallest absolute Gasteiger partial charge is 0.280 e. The minimum Gasteiger partial charge on any atom is -0.378 e. The van der Waals surface area contributed by atoms with E-state index in [2.05, 4.69) is 15.4 Å². The van der Waals surface area contributed by atoms with Crippen LogP contribution >= 0.6 is 0 Å². The van der Waals surface area contributed by atoms with Gasteiger partial charge in [-0.15, -0.1) is 0 Å². The molecule has 0 saturated carbocycles. The second-order valence-electron chi connectivity index (χ2n) is 7.42. The first kappa shape index (κ1) is 20.5. The zero-order chi connectivity index (χ0) is 22.1. The third-order valence-electron chi connectivity index (χ3n) is 4.96. The van der Waals surface area contributed by atoms with E-state index in [9.17, 15) is 13.6 Å². The van der Waals surface area contributed by atoms with Gasteiger partial charge in [0.2, 0.25) is 0 Å². The third kappa shape index (κ3) is 4.09. The normalized spacial score (nSPS) is 11.2. The molecule has 0 aliphatic rings.